The second kappa shape index (κ2) is 6.18. The van der Waals surface area contributed by atoms with Gasteiger partial charge in [-0.3, -0.25) is 4.79 Å². The third-order valence-electron chi connectivity index (χ3n) is 4.34. The molecule has 20 heavy (non-hydrogen) atoms. The molecule has 0 heterocycles. The van der Waals surface area contributed by atoms with Crippen molar-refractivity contribution in [2.45, 2.75) is 45.6 Å². The minimum absolute atomic E-state index is 0.106. The van der Waals surface area contributed by atoms with Crippen LogP contribution < -0.4 is 0 Å². The fourth-order valence-corrected chi connectivity index (χ4v) is 4.01. The van der Waals surface area contributed by atoms with E-state index in [1.165, 1.54) is 12.8 Å². The van der Waals surface area contributed by atoms with E-state index in [-0.39, 0.29) is 5.91 Å². The Morgan fingerprint density at radius 3 is 2.40 bits per heavy atom. The van der Waals surface area contributed by atoms with Crippen molar-refractivity contribution >= 4 is 37.8 Å². The quantitative estimate of drug-likeness (QED) is 0.661. The van der Waals surface area contributed by atoms with E-state index in [2.05, 4.69) is 45.7 Å². The lowest BCUT2D eigenvalue weighted by atomic mass is 9.75. The lowest BCUT2D eigenvalue weighted by Crippen LogP contribution is -2.41. The molecule has 2 rings (SSSR count). The summed E-state index contributed by atoms with van der Waals surface area (Å²) in [6.07, 6.45) is 4.58. The van der Waals surface area contributed by atoms with Crippen LogP contribution in [0.3, 0.4) is 0 Å². The molecule has 0 atom stereocenters. The van der Waals surface area contributed by atoms with Crippen LogP contribution in [0.4, 0.5) is 0 Å². The zero-order chi connectivity index (χ0) is 14.9. The molecule has 0 aromatic heterocycles. The van der Waals surface area contributed by atoms with Crippen molar-refractivity contribution in [3.63, 3.8) is 0 Å². The van der Waals surface area contributed by atoms with Gasteiger partial charge in [-0.2, -0.15) is 0 Å². The molecule has 0 bridgehead atoms. The van der Waals surface area contributed by atoms with E-state index >= 15 is 0 Å². The molecular formula is C16H21Br2NO. The van der Waals surface area contributed by atoms with Gasteiger partial charge in [0.2, 0.25) is 0 Å². The van der Waals surface area contributed by atoms with Crippen LogP contribution in [0.2, 0.25) is 0 Å². The maximum Gasteiger partial charge on any atom is 0.254 e. The minimum atomic E-state index is 0.106. The highest BCUT2D eigenvalue weighted by Crippen LogP contribution is 2.37. The predicted molar refractivity (Wildman–Crippen MR) is 90.0 cm³/mol. The van der Waals surface area contributed by atoms with Gasteiger partial charge in [-0.1, -0.05) is 29.8 Å². The van der Waals surface area contributed by atoms with Gasteiger partial charge in [-0.15, -0.1) is 0 Å². The normalized spacial score (nSPS) is 18.9. The SMILES string of the molecule is CN(C(=O)c1ccc(Br)cc1Br)C1CCC(C)(C)CC1. The Hall–Kier alpha value is -0.350. The van der Waals surface area contributed by atoms with E-state index in [9.17, 15) is 4.79 Å². The molecule has 2 nitrogen and oxygen atoms in total. The standard InChI is InChI=1S/C16H21Br2NO/c1-16(2)8-6-12(7-9-16)19(3)15(20)13-5-4-11(17)10-14(13)18/h4-5,10,12H,6-9H2,1-3H3. The smallest absolute Gasteiger partial charge is 0.254 e. The summed E-state index contributed by atoms with van der Waals surface area (Å²) in [4.78, 5) is 14.5. The first kappa shape index (κ1) is 16.0. The van der Waals surface area contributed by atoms with E-state index in [1.807, 2.05) is 30.1 Å². The Balaban J connectivity index is 2.09. The zero-order valence-electron chi connectivity index (χ0n) is 12.2. The topological polar surface area (TPSA) is 20.3 Å². The summed E-state index contributed by atoms with van der Waals surface area (Å²) >= 11 is 6.90. The summed E-state index contributed by atoms with van der Waals surface area (Å²) < 4.78 is 1.82. The van der Waals surface area contributed by atoms with E-state index in [4.69, 9.17) is 0 Å². The minimum Gasteiger partial charge on any atom is -0.339 e. The number of carbonyl (C=O) groups excluding carboxylic acids is 1. The van der Waals surface area contributed by atoms with Crippen LogP contribution in [-0.4, -0.2) is 23.9 Å². The molecule has 1 saturated carbocycles. The van der Waals surface area contributed by atoms with Crippen LogP contribution in [0.25, 0.3) is 0 Å². The van der Waals surface area contributed by atoms with Gasteiger partial charge in [0, 0.05) is 22.0 Å². The fraction of sp³-hybridized carbons (Fsp3) is 0.562. The second-order valence-electron chi connectivity index (χ2n) is 6.44. The van der Waals surface area contributed by atoms with Gasteiger partial charge in [0.1, 0.15) is 0 Å². The monoisotopic (exact) mass is 401 g/mol. The van der Waals surface area contributed by atoms with Gasteiger partial charge in [0.05, 0.1) is 5.56 Å². The van der Waals surface area contributed by atoms with E-state index in [0.29, 0.717) is 11.5 Å². The van der Waals surface area contributed by atoms with Crippen LogP contribution in [0, 0.1) is 5.41 Å². The number of hydrogen-bond acceptors (Lipinski definition) is 1. The number of hydrogen-bond donors (Lipinski definition) is 0. The Bertz CT molecular complexity index is 503. The maximum absolute atomic E-state index is 12.6. The molecule has 0 radical (unpaired) electrons. The molecule has 1 aromatic rings. The van der Waals surface area contributed by atoms with Crippen molar-refractivity contribution in [3.05, 3.63) is 32.7 Å². The van der Waals surface area contributed by atoms with Crippen molar-refractivity contribution in [2.75, 3.05) is 7.05 Å². The summed E-state index contributed by atoms with van der Waals surface area (Å²) in [6, 6.07) is 6.08. The number of benzene rings is 1. The first-order valence-electron chi connectivity index (χ1n) is 7.02. The molecule has 1 amide bonds. The van der Waals surface area contributed by atoms with Crippen LogP contribution in [0.1, 0.15) is 49.9 Å². The summed E-state index contributed by atoms with van der Waals surface area (Å²) in [5.74, 6) is 0.106. The van der Waals surface area contributed by atoms with Crippen LogP contribution in [-0.2, 0) is 0 Å². The molecule has 1 aromatic carbocycles. The molecule has 0 unspecified atom stereocenters. The highest BCUT2D eigenvalue weighted by atomic mass is 79.9. The van der Waals surface area contributed by atoms with Gasteiger partial charge in [0.15, 0.2) is 0 Å². The Kier molecular flexibility index (Phi) is 4.96. The molecular weight excluding hydrogens is 382 g/mol. The molecule has 4 heteroatoms. The average molecular weight is 403 g/mol. The summed E-state index contributed by atoms with van der Waals surface area (Å²) in [5, 5.41) is 0. The maximum atomic E-state index is 12.6. The molecule has 0 N–H and O–H groups in total. The predicted octanol–water partition coefficient (Wildman–Crippen LogP) is 5.25. The Morgan fingerprint density at radius 2 is 1.85 bits per heavy atom. The molecule has 0 aliphatic heterocycles. The zero-order valence-corrected chi connectivity index (χ0v) is 15.4. The van der Waals surface area contributed by atoms with Crippen molar-refractivity contribution < 1.29 is 4.79 Å². The number of rotatable bonds is 2. The third kappa shape index (κ3) is 3.64. The number of amides is 1. The van der Waals surface area contributed by atoms with Gasteiger partial charge in [-0.25, -0.2) is 0 Å². The molecule has 110 valence electrons. The second-order valence-corrected chi connectivity index (χ2v) is 8.21. The van der Waals surface area contributed by atoms with Crippen molar-refractivity contribution in [1.29, 1.82) is 0 Å². The van der Waals surface area contributed by atoms with E-state index < -0.39 is 0 Å². The highest BCUT2D eigenvalue weighted by Gasteiger charge is 2.31. The van der Waals surface area contributed by atoms with Gasteiger partial charge in [-0.05, 0) is 65.2 Å². The third-order valence-corrected chi connectivity index (χ3v) is 5.49. The Labute approximate surface area is 138 Å². The summed E-state index contributed by atoms with van der Waals surface area (Å²) in [5.41, 5.74) is 1.17. The van der Waals surface area contributed by atoms with Crippen LogP contribution in [0.5, 0.6) is 0 Å². The molecule has 1 fully saturated rings. The number of carbonyl (C=O) groups is 1. The molecule has 1 aliphatic carbocycles. The fourth-order valence-electron chi connectivity index (χ4n) is 2.79. The Morgan fingerprint density at radius 1 is 1.25 bits per heavy atom. The lowest BCUT2D eigenvalue weighted by molar-refractivity contribution is 0.0634. The van der Waals surface area contributed by atoms with E-state index in [1.54, 1.807) is 0 Å². The van der Waals surface area contributed by atoms with Crippen molar-refractivity contribution in [1.82, 2.24) is 4.90 Å². The summed E-state index contributed by atoms with van der Waals surface area (Å²) in [7, 11) is 1.93. The van der Waals surface area contributed by atoms with Crippen molar-refractivity contribution in [3.8, 4) is 0 Å². The van der Waals surface area contributed by atoms with E-state index in [0.717, 1.165) is 27.4 Å². The van der Waals surface area contributed by atoms with Crippen LogP contribution >= 0.6 is 31.9 Å². The lowest BCUT2D eigenvalue weighted by Gasteiger charge is -2.38. The molecule has 1 aliphatic rings. The van der Waals surface area contributed by atoms with Crippen molar-refractivity contribution in [2.24, 2.45) is 5.41 Å². The number of nitrogens with zero attached hydrogens (tertiary/aromatic N) is 1. The largest absolute Gasteiger partial charge is 0.339 e. The van der Waals surface area contributed by atoms with Crippen LogP contribution in [0.15, 0.2) is 27.1 Å². The average Bonchev–Trinajstić information content (AvgIpc) is 2.37. The number of halogens is 2. The highest BCUT2D eigenvalue weighted by molar-refractivity contribution is 9.11. The first-order chi connectivity index (χ1) is 9.30. The van der Waals surface area contributed by atoms with Gasteiger partial charge in [0.25, 0.3) is 5.91 Å². The van der Waals surface area contributed by atoms with Gasteiger partial charge < -0.3 is 4.90 Å². The first-order valence-corrected chi connectivity index (χ1v) is 8.61. The van der Waals surface area contributed by atoms with Gasteiger partial charge >= 0.3 is 0 Å². The molecule has 0 saturated heterocycles. The summed E-state index contributed by atoms with van der Waals surface area (Å²) in [6.45, 7) is 4.63. The molecule has 0 spiro atoms.